The van der Waals surface area contributed by atoms with E-state index in [1.165, 1.54) is 49.7 Å². The van der Waals surface area contributed by atoms with Gasteiger partial charge in [-0.25, -0.2) is 0 Å². The first-order chi connectivity index (χ1) is 11.4. The van der Waals surface area contributed by atoms with Crippen molar-refractivity contribution < 1.29 is 0 Å². The van der Waals surface area contributed by atoms with E-state index >= 15 is 0 Å². The van der Waals surface area contributed by atoms with Gasteiger partial charge in [-0.3, -0.25) is 0 Å². The molecule has 0 aromatic carbocycles. The summed E-state index contributed by atoms with van der Waals surface area (Å²) in [7, 11) is 2.03. The summed E-state index contributed by atoms with van der Waals surface area (Å²) in [6.07, 6.45) is 19.1. The fourth-order valence-corrected chi connectivity index (χ4v) is 4.04. The second-order valence-electron chi connectivity index (χ2n) is 8.05. The Labute approximate surface area is 149 Å². The normalized spacial score (nSPS) is 22.5. The molecule has 0 aliphatic heterocycles. The average Bonchev–Trinajstić information content (AvgIpc) is 2.94. The largest absolute Gasteiger partial charge is 0.316 e. The van der Waals surface area contributed by atoms with Crippen LogP contribution in [0.25, 0.3) is 0 Å². The van der Waals surface area contributed by atoms with Crippen molar-refractivity contribution in [1.82, 2.24) is 5.32 Å². The predicted molar refractivity (Wildman–Crippen MR) is 107 cm³/mol. The average molecular weight is 326 g/mol. The second kappa shape index (κ2) is 8.67. The lowest BCUT2D eigenvalue weighted by Gasteiger charge is -2.32. The lowest BCUT2D eigenvalue weighted by Crippen LogP contribution is -2.19. The quantitative estimate of drug-likeness (QED) is 0.567. The number of likely N-dealkylation sites (N-methyl/N-ethyl adjacent to an activating group) is 1. The molecule has 0 radical (unpaired) electrons. The molecule has 0 unspecified atom stereocenters. The van der Waals surface area contributed by atoms with Gasteiger partial charge in [0.15, 0.2) is 0 Å². The van der Waals surface area contributed by atoms with Crippen molar-refractivity contribution in [3.63, 3.8) is 0 Å². The summed E-state index contributed by atoms with van der Waals surface area (Å²) in [5.74, 6) is 0. The van der Waals surface area contributed by atoms with E-state index < -0.39 is 0 Å². The summed E-state index contributed by atoms with van der Waals surface area (Å²) in [5, 5.41) is 3.28. The van der Waals surface area contributed by atoms with Gasteiger partial charge in [0.25, 0.3) is 0 Å². The minimum Gasteiger partial charge on any atom is -0.316 e. The zero-order valence-corrected chi connectivity index (χ0v) is 16.3. The second-order valence-corrected chi connectivity index (χ2v) is 8.05. The van der Waals surface area contributed by atoms with E-state index in [-0.39, 0.29) is 0 Å². The third-order valence-corrected chi connectivity index (χ3v) is 5.48. The van der Waals surface area contributed by atoms with Crippen molar-refractivity contribution in [2.45, 2.75) is 66.2 Å². The molecule has 1 heteroatoms. The zero-order chi connectivity index (χ0) is 17.6. The standard InChI is InChI=1S/C23H35N/c1-18(9-6-11-20-12-7-13-21(20)17-24-5)14-15-22-19(2)10-8-16-23(22,3)4/h6,9,11,14-15,24H,7-8,10,12-13,16-17H2,1-5H3/b11-6+,15-14+,18-9+. The zero-order valence-electron chi connectivity index (χ0n) is 16.3. The van der Waals surface area contributed by atoms with E-state index in [4.69, 9.17) is 0 Å². The van der Waals surface area contributed by atoms with Crippen LogP contribution in [0.2, 0.25) is 0 Å². The Balaban J connectivity index is 2.04. The van der Waals surface area contributed by atoms with Crippen molar-refractivity contribution in [1.29, 1.82) is 0 Å². The van der Waals surface area contributed by atoms with Crippen LogP contribution in [-0.4, -0.2) is 13.6 Å². The first-order valence-corrected chi connectivity index (χ1v) is 9.53. The van der Waals surface area contributed by atoms with Crippen molar-refractivity contribution in [3.8, 4) is 0 Å². The molecule has 0 amide bonds. The van der Waals surface area contributed by atoms with E-state index in [0.717, 1.165) is 6.54 Å². The molecule has 2 aliphatic carbocycles. The van der Waals surface area contributed by atoms with Crippen LogP contribution in [0.4, 0.5) is 0 Å². The molecule has 24 heavy (non-hydrogen) atoms. The maximum Gasteiger partial charge on any atom is 0.0167 e. The molecule has 0 aromatic rings. The van der Waals surface area contributed by atoms with Crippen molar-refractivity contribution in [2.75, 3.05) is 13.6 Å². The Hall–Kier alpha value is -1.34. The summed E-state index contributed by atoms with van der Waals surface area (Å²) in [6, 6.07) is 0. The SMILES string of the molecule is CNCC1=C(/C=C/C=C(C)/C=C/C2=C(C)CCCC2(C)C)CCC1. The van der Waals surface area contributed by atoms with E-state index in [2.05, 4.69) is 63.4 Å². The van der Waals surface area contributed by atoms with Gasteiger partial charge in [0, 0.05) is 6.54 Å². The fourth-order valence-electron chi connectivity index (χ4n) is 4.04. The van der Waals surface area contributed by atoms with Crippen LogP contribution in [-0.2, 0) is 0 Å². The van der Waals surface area contributed by atoms with Crippen molar-refractivity contribution in [3.05, 3.63) is 58.2 Å². The van der Waals surface area contributed by atoms with Crippen LogP contribution in [0.15, 0.2) is 58.2 Å². The topological polar surface area (TPSA) is 12.0 Å². The molecule has 132 valence electrons. The Morgan fingerprint density at radius 1 is 1.12 bits per heavy atom. The highest BCUT2D eigenvalue weighted by molar-refractivity contribution is 5.38. The maximum absolute atomic E-state index is 3.28. The Bertz CT molecular complexity index is 594. The summed E-state index contributed by atoms with van der Waals surface area (Å²) in [6.45, 7) is 10.3. The molecule has 0 saturated heterocycles. The fraction of sp³-hybridized carbons (Fsp3) is 0.565. The van der Waals surface area contributed by atoms with E-state index in [0.29, 0.717) is 5.41 Å². The number of rotatable bonds is 6. The third kappa shape index (κ3) is 5.08. The molecular weight excluding hydrogens is 290 g/mol. The molecule has 0 heterocycles. The summed E-state index contributed by atoms with van der Waals surface area (Å²) in [4.78, 5) is 0. The molecular formula is C23H35N. The molecule has 0 fully saturated rings. The predicted octanol–water partition coefficient (Wildman–Crippen LogP) is 6.27. The van der Waals surface area contributed by atoms with Crippen LogP contribution in [0, 0.1) is 5.41 Å². The number of allylic oxidation sites excluding steroid dienone is 9. The van der Waals surface area contributed by atoms with E-state index in [1.807, 2.05) is 7.05 Å². The molecule has 0 saturated carbocycles. The Morgan fingerprint density at radius 2 is 1.92 bits per heavy atom. The molecule has 0 spiro atoms. The highest BCUT2D eigenvalue weighted by Gasteiger charge is 2.26. The van der Waals surface area contributed by atoms with Gasteiger partial charge in [-0.1, -0.05) is 60.9 Å². The van der Waals surface area contributed by atoms with Gasteiger partial charge in [0.1, 0.15) is 0 Å². The van der Waals surface area contributed by atoms with Gasteiger partial charge in [-0.2, -0.15) is 0 Å². The Kier molecular flexibility index (Phi) is 6.86. The van der Waals surface area contributed by atoms with E-state index in [1.54, 1.807) is 16.7 Å². The first kappa shape index (κ1) is 19.0. The summed E-state index contributed by atoms with van der Waals surface area (Å²) < 4.78 is 0. The molecule has 0 aromatic heterocycles. The number of hydrogen-bond acceptors (Lipinski definition) is 1. The summed E-state index contributed by atoms with van der Waals surface area (Å²) in [5.41, 5.74) is 7.87. The molecule has 2 rings (SSSR count). The molecule has 1 N–H and O–H groups in total. The van der Waals surface area contributed by atoms with Gasteiger partial charge in [-0.05, 0) is 76.0 Å². The molecule has 2 aliphatic rings. The Morgan fingerprint density at radius 3 is 2.62 bits per heavy atom. The first-order valence-electron chi connectivity index (χ1n) is 9.53. The lowest BCUT2D eigenvalue weighted by atomic mass is 9.72. The lowest BCUT2D eigenvalue weighted by molar-refractivity contribution is 0.377. The molecule has 1 nitrogen and oxygen atoms in total. The van der Waals surface area contributed by atoms with Crippen molar-refractivity contribution in [2.24, 2.45) is 5.41 Å². The minimum atomic E-state index is 0.325. The van der Waals surface area contributed by atoms with E-state index in [9.17, 15) is 0 Å². The van der Waals surface area contributed by atoms with Gasteiger partial charge < -0.3 is 5.32 Å². The third-order valence-electron chi connectivity index (χ3n) is 5.48. The highest BCUT2D eigenvalue weighted by atomic mass is 14.8. The van der Waals surface area contributed by atoms with Crippen LogP contribution in [0.1, 0.15) is 66.2 Å². The van der Waals surface area contributed by atoms with Crippen LogP contribution in [0.5, 0.6) is 0 Å². The minimum absolute atomic E-state index is 0.325. The van der Waals surface area contributed by atoms with Gasteiger partial charge in [-0.15, -0.1) is 0 Å². The monoisotopic (exact) mass is 325 g/mol. The van der Waals surface area contributed by atoms with Gasteiger partial charge >= 0.3 is 0 Å². The number of nitrogens with one attached hydrogen (secondary N) is 1. The van der Waals surface area contributed by atoms with Crippen LogP contribution in [0.3, 0.4) is 0 Å². The molecule has 0 atom stereocenters. The molecule has 0 bridgehead atoms. The number of hydrogen-bond donors (Lipinski definition) is 1. The summed E-state index contributed by atoms with van der Waals surface area (Å²) >= 11 is 0. The van der Waals surface area contributed by atoms with Gasteiger partial charge in [0.05, 0.1) is 0 Å². The van der Waals surface area contributed by atoms with Crippen LogP contribution >= 0.6 is 0 Å². The van der Waals surface area contributed by atoms with Crippen LogP contribution < -0.4 is 5.32 Å². The highest BCUT2D eigenvalue weighted by Crippen LogP contribution is 2.40. The maximum atomic E-state index is 3.28. The van der Waals surface area contributed by atoms with Crippen molar-refractivity contribution >= 4 is 0 Å². The van der Waals surface area contributed by atoms with Gasteiger partial charge in [0.2, 0.25) is 0 Å². The smallest absolute Gasteiger partial charge is 0.0167 e.